The molecule has 0 aliphatic rings. The van der Waals surface area contributed by atoms with Crippen molar-refractivity contribution in [2.24, 2.45) is 0 Å². The highest BCUT2D eigenvalue weighted by Crippen LogP contribution is 2.30. The maximum atomic E-state index is 12.6. The molecule has 0 spiro atoms. The van der Waals surface area contributed by atoms with Gasteiger partial charge in [-0.15, -0.1) is 0 Å². The van der Waals surface area contributed by atoms with E-state index in [1.54, 1.807) is 0 Å². The molecule has 7 heteroatoms. The minimum atomic E-state index is -0.372. The van der Waals surface area contributed by atoms with Crippen LogP contribution in [-0.2, 0) is 0 Å². The van der Waals surface area contributed by atoms with Crippen LogP contribution in [-0.4, -0.2) is 14.2 Å². The van der Waals surface area contributed by atoms with Crippen molar-refractivity contribution in [1.29, 1.82) is 0 Å². The minimum Gasteiger partial charge on any atom is -0.494 e. The third kappa shape index (κ3) is 4.78. The van der Waals surface area contributed by atoms with E-state index in [1.807, 2.05) is 0 Å². The first-order valence-corrected chi connectivity index (χ1v) is 6.55. The molecule has 2 rings (SSSR count). The third-order valence-electron chi connectivity index (χ3n) is 2.47. The number of hydrogen-bond acceptors (Lipinski definition) is 4. The van der Waals surface area contributed by atoms with Gasteiger partial charge >= 0.3 is 0 Å². The van der Waals surface area contributed by atoms with E-state index in [0.717, 1.165) is 0 Å². The van der Waals surface area contributed by atoms with Gasteiger partial charge in [0.1, 0.15) is 23.1 Å². The van der Waals surface area contributed by atoms with Gasteiger partial charge in [-0.3, -0.25) is 0 Å². The van der Waals surface area contributed by atoms with Gasteiger partial charge < -0.3 is 20.9 Å². The summed E-state index contributed by atoms with van der Waals surface area (Å²) in [5, 5.41) is 0. The quantitative estimate of drug-likeness (QED) is 0.802. The Morgan fingerprint density at radius 3 is 2.00 bits per heavy atom. The van der Waals surface area contributed by atoms with E-state index in [0.29, 0.717) is 27.3 Å². The van der Waals surface area contributed by atoms with Crippen molar-refractivity contribution in [3.8, 4) is 11.5 Å². The lowest BCUT2D eigenvalue weighted by atomic mass is 10.3. The average molecular weight is 361 g/mol. The van der Waals surface area contributed by atoms with Gasteiger partial charge in [0, 0.05) is 16.6 Å². The van der Waals surface area contributed by atoms with Gasteiger partial charge in [0.05, 0.1) is 25.6 Å². The van der Waals surface area contributed by atoms with Crippen LogP contribution in [0.4, 0.5) is 20.2 Å². The number of rotatable bonds is 2. The SMILES string of the molecule is COc1cc(F)cc(Br)c1N.COc1cc(F)ccc1N. The molecule has 0 aromatic heterocycles. The van der Waals surface area contributed by atoms with Crippen LogP contribution in [0, 0.1) is 11.6 Å². The number of nitrogen functional groups attached to an aromatic ring is 2. The first-order chi connectivity index (χ1) is 9.88. The zero-order valence-electron chi connectivity index (χ0n) is 11.5. The highest BCUT2D eigenvalue weighted by Gasteiger charge is 2.05. The van der Waals surface area contributed by atoms with E-state index in [-0.39, 0.29) is 11.6 Å². The van der Waals surface area contributed by atoms with Crippen molar-refractivity contribution < 1.29 is 18.3 Å². The average Bonchev–Trinajstić information content (AvgIpc) is 2.46. The molecule has 2 aromatic carbocycles. The summed E-state index contributed by atoms with van der Waals surface area (Å²) in [5.41, 5.74) is 11.8. The van der Waals surface area contributed by atoms with Crippen molar-refractivity contribution in [2.45, 2.75) is 0 Å². The van der Waals surface area contributed by atoms with Crippen LogP contribution in [0.1, 0.15) is 0 Å². The molecule has 0 saturated heterocycles. The Morgan fingerprint density at radius 2 is 1.48 bits per heavy atom. The van der Waals surface area contributed by atoms with Crippen LogP contribution in [0.5, 0.6) is 11.5 Å². The summed E-state index contributed by atoms with van der Waals surface area (Å²) in [4.78, 5) is 0. The van der Waals surface area contributed by atoms with Crippen LogP contribution < -0.4 is 20.9 Å². The van der Waals surface area contributed by atoms with E-state index in [1.165, 1.54) is 44.6 Å². The molecule has 4 N–H and O–H groups in total. The molecule has 0 fully saturated rings. The van der Waals surface area contributed by atoms with Gasteiger partial charge in [-0.05, 0) is 34.1 Å². The molecule has 21 heavy (non-hydrogen) atoms. The fraction of sp³-hybridized carbons (Fsp3) is 0.143. The van der Waals surface area contributed by atoms with Crippen LogP contribution in [0.25, 0.3) is 0 Å². The number of nitrogens with two attached hydrogens (primary N) is 2. The van der Waals surface area contributed by atoms with Crippen LogP contribution >= 0.6 is 15.9 Å². The van der Waals surface area contributed by atoms with E-state index in [2.05, 4.69) is 15.9 Å². The molecular formula is C14H15BrF2N2O2. The predicted octanol–water partition coefficient (Wildman–Crippen LogP) is 3.60. The molecule has 4 nitrogen and oxygen atoms in total. The second-order valence-corrected chi connectivity index (χ2v) is 4.74. The highest BCUT2D eigenvalue weighted by molar-refractivity contribution is 9.10. The maximum absolute atomic E-state index is 12.6. The summed E-state index contributed by atoms with van der Waals surface area (Å²) in [7, 11) is 2.89. The molecule has 0 saturated carbocycles. The zero-order valence-corrected chi connectivity index (χ0v) is 13.1. The van der Waals surface area contributed by atoms with Crippen molar-refractivity contribution in [3.05, 3.63) is 46.4 Å². The molecule has 0 aliphatic heterocycles. The Balaban J connectivity index is 0.000000211. The first kappa shape index (κ1) is 17.0. The summed E-state index contributed by atoms with van der Waals surface area (Å²) in [5.74, 6) is 0.00542. The van der Waals surface area contributed by atoms with Gasteiger partial charge in [-0.1, -0.05) is 0 Å². The van der Waals surface area contributed by atoms with Gasteiger partial charge in [0.2, 0.25) is 0 Å². The highest BCUT2D eigenvalue weighted by atomic mass is 79.9. The summed E-state index contributed by atoms with van der Waals surface area (Å²) >= 11 is 3.09. The van der Waals surface area contributed by atoms with Crippen LogP contribution in [0.2, 0.25) is 0 Å². The molecule has 0 unspecified atom stereocenters. The number of methoxy groups -OCH3 is 2. The Kier molecular flexibility index (Phi) is 6.23. The van der Waals surface area contributed by atoms with Gasteiger partial charge in [-0.25, -0.2) is 8.78 Å². The lowest BCUT2D eigenvalue weighted by Crippen LogP contribution is -1.94. The molecule has 0 bridgehead atoms. The van der Waals surface area contributed by atoms with Gasteiger partial charge in [0.15, 0.2) is 0 Å². The summed E-state index contributed by atoms with van der Waals surface area (Å²) in [6.07, 6.45) is 0. The van der Waals surface area contributed by atoms with E-state index in [9.17, 15) is 8.78 Å². The molecular weight excluding hydrogens is 346 g/mol. The van der Waals surface area contributed by atoms with Crippen molar-refractivity contribution >= 4 is 27.3 Å². The van der Waals surface area contributed by atoms with Crippen molar-refractivity contribution in [1.82, 2.24) is 0 Å². The van der Waals surface area contributed by atoms with Crippen LogP contribution in [0.15, 0.2) is 34.8 Å². The molecule has 0 aliphatic carbocycles. The summed E-state index contributed by atoms with van der Waals surface area (Å²) in [6.45, 7) is 0. The lowest BCUT2D eigenvalue weighted by molar-refractivity contribution is 0.413. The number of benzene rings is 2. The molecule has 0 heterocycles. The number of hydrogen-bond donors (Lipinski definition) is 2. The van der Waals surface area contributed by atoms with E-state index < -0.39 is 0 Å². The second-order valence-electron chi connectivity index (χ2n) is 3.89. The zero-order chi connectivity index (χ0) is 16.0. The monoisotopic (exact) mass is 360 g/mol. The first-order valence-electron chi connectivity index (χ1n) is 5.76. The topological polar surface area (TPSA) is 70.5 Å². The number of anilines is 2. The number of halogens is 3. The fourth-order valence-corrected chi connectivity index (χ4v) is 1.83. The normalized spacial score (nSPS) is 9.57. The van der Waals surface area contributed by atoms with Crippen molar-refractivity contribution in [3.63, 3.8) is 0 Å². The largest absolute Gasteiger partial charge is 0.494 e. The van der Waals surface area contributed by atoms with Crippen molar-refractivity contribution in [2.75, 3.05) is 25.7 Å². The third-order valence-corrected chi connectivity index (χ3v) is 3.13. The smallest absolute Gasteiger partial charge is 0.145 e. The lowest BCUT2D eigenvalue weighted by Gasteiger charge is -2.05. The minimum absolute atomic E-state index is 0.342. The Bertz CT molecular complexity index is 624. The fourth-order valence-electron chi connectivity index (χ4n) is 1.42. The maximum Gasteiger partial charge on any atom is 0.145 e. The molecule has 2 aromatic rings. The van der Waals surface area contributed by atoms with Gasteiger partial charge in [0.25, 0.3) is 0 Å². The molecule has 0 amide bonds. The Hall–Kier alpha value is -2.02. The molecule has 0 atom stereocenters. The summed E-state index contributed by atoms with van der Waals surface area (Å²) < 4.78 is 35.1. The Morgan fingerprint density at radius 1 is 0.905 bits per heavy atom. The van der Waals surface area contributed by atoms with Gasteiger partial charge in [-0.2, -0.15) is 0 Å². The van der Waals surface area contributed by atoms with Crippen LogP contribution in [0.3, 0.4) is 0 Å². The molecule has 114 valence electrons. The number of ether oxygens (including phenoxy) is 2. The summed E-state index contributed by atoms with van der Waals surface area (Å²) in [6, 6.07) is 6.53. The Labute approximate surface area is 129 Å². The van der Waals surface area contributed by atoms with E-state index >= 15 is 0 Å². The second kappa shape index (κ2) is 7.68. The predicted molar refractivity (Wildman–Crippen MR) is 82.4 cm³/mol. The standard InChI is InChI=1S/C7H7BrFNO.C7H8FNO/c1-11-6-3-4(9)2-5(8)7(6)10;1-10-7-4-5(8)2-3-6(7)9/h2-3H,10H2,1H3;2-4H,9H2,1H3. The van der Waals surface area contributed by atoms with E-state index in [4.69, 9.17) is 20.9 Å². The molecule has 0 radical (unpaired) electrons.